The Balaban J connectivity index is 2.33. The molecule has 0 amide bonds. The topological polar surface area (TPSA) is 24.9 Å². The minimum atomic E-state index is 0.913. The van der Waals surface area contributed by atoms with E-state index in [1.807, 2.05) is 18.3 Å². The van der Waals surface area contributed by atoms with Gasteiger partial charge in [0.1, 0.15) is 0 Å². The summed E-state index contributed by atoms with van der Waals surface area (Å²) >= 11 is 0. The Labute approximate surface area is 103 Å². The highest BCUT2D eigenvalue weighted by Gasteiger charge is 2.03. The Hall–Kier alpha value is -1.67. The number of nitrogens with zero attached hydrogens (tertiary/aromatic N) is 1. The van der Waals surface area contributed by atoms with E-state index in [1.54, 1.807) is 0 Å². The molecule has 0 aliphatic heterocycles. The standard InChI is InChI=1S/C15H18N2/c1-3-16-11-13-8-7-12(2)14(10-13)15-6-4-5-9-17-15/h4-10,16H,3,11H2,1-2H3. The van der Waals surface area contributed by atoms with Gasteiger partial charge >= 0.3 is 0 Å². The summed E-state index contributed by atoms with van der Waals surface area (Å²) in [5.41, 5.74) is 4.84. The fourth-order valence-electron chi connectivity index (χ4n) is 1.85. The quantitative estimate of drug-likeness (QED) is 0.866. The van der Waals surface area contributed by atoms with Gasteiger partial charge < -0.3 is 5.32 Å². The molecule has 2 nitrogen and oxygen atoms in total. The number of rotatable bonds is 4. The van der Waals surface area contributed by atoms with E-state index in [0.717, 1.165) is 18.8 Å². The third-order valence-electron chi connectivity index (χ3n) is 2.82. The van der Waals surface area contributed by atoms with E-state index >= 15 is 0 Å². The summed E-state index contributed by atoms with van der Waals surface area (Å²) in [6.07, 6.45) is 1.84. The first kappa shape index (κ1) is 11.8. The molecule has 0 saturated heterocycles. The lowest BCUT2D eigenvalue weighted by molar-refractivity contribution is 0.727. The minimum Gasteiger partial charge on any atom is -0.313 e. The van der Waals surface area contributed by atoms with Gasteiger partial charge in [0.05, 0.1) is 5.69 Å². The van der Waals surface area contributed by atoms with E-state index in [2.05, 4.69) is 48.4 Å². The van der Waals surface area contributed by atoms with Crippen LogP contribution in [0.5, 0.6) is 0 Å². The Bertz CT molecular complexity index is 478. The zero-order valence-corrected chi connectivity index (χ0v) is 10.4. The molecule has 1 aromatic heterocycles. The maximum atomic E-state index is 4.41. The molecule has 0 bridgehead atoms. The molecule has 1 heterocycles. The maximum Gasteiger partial charge on any atom is 0.0704 e. The van der Waals surface area contributed by atoms with Crippen LogP contribution in [0, 0.1) is 6.92 Å². The molecular formula is C15H18N2. The zero-order chi connectivity index (χ0) is 12.1. The van der Waals surface area contributed by atoms with Gasteiger partial charge in [0, 0.05) is 18.3 Å². The van der Waals surface area contributed by atoms with E-state index in [0.29, 0.717) is 0 Å². The molecule has 0 spiro atoms. The minimum absolute atomic E-state index is 0.913. The molecule has 0 unspecified atom stereocenters. The molecule has 88 valence electrons. The second-order valence-corrected chi connectivity index (χ2v) is 4.14. The van der Waals surface area contributed by atoms with Crippen LogP contribution < -0.4 is 5.32 Å². The lowest BCUT2D eigenvalue weighted by Gasteiger charge is -2.08. The molecule has 2 rings (SSSR count). The molecule has 0 saturated carbocycles. The lowest BCUT2D eigenvalue weighted by Crippen LogP contribution is -2.11. The summed E-state index contributed by atoms with van der Waals surface area (Å²) in [7, 11) is 0. The molecular weight excluding hydrogens is 208 g/mol. The van der Waals surface area contributed by atoms with Crippen molar-refractivity contribution >= 4 is 0 Å². The summed E-state index contributed by atoms with van der Waals surface area (Å²) in [6.45, 7) is 6.15. The Morgan fingerprint density at radius 3 is 2.76 bits per heavy atom. The Morgan fingerprint density at radius 2 is 2.06 bits per heavy atom. The Morgan fingerprint density at radius 1 is 1.18 bits per heavy atom. The van der Waals surface area contributed by atoms with E-state index in [4.69, 9.17) is 0 Å². The number of pyridine rings is 1. The van der Waals surface area contributed by atoms with E-state index in [9.17, 15) is 0 Å². The monoisotopic (exact) mass is 226 g/mol. The van der Waals surface area contributed by atoms with Crippen LogP contribution in [0.4, 0.5) is 0 Å². The fraction of sp³-hybridized carbons (Fsp3) is 0.267. The van der Waals surface area contributed by atoms with Crippen LogP contribution in [0.15, 0.2) is 42.6 Å². The molecule has 1 N–H and O–H groups in total. The van der Waals surface area contributed by atoms with Crippen LogP contribution in [0.2, 0.25) is 0 Å². The number of nitrogens with one attached hydrogen (secondary N) is 1. The van der Waals surface area contributed by atoms with Crippen LogP contribution in [0.1, 0.15) is 18.1 Å². The van der Waals surface area contributed by atoms with Crippen LogP contribution in [0.3, 0.4) is 0 Å². The highest BCUT2D eigenvalue weighted by Crippen LogP contribution is 2.22. The molecule has 17 heavy (non-hydrogen) atoms. The van der Waals surface area contributed by atoms with Gasteiger partial charge in [-0.3, -0.25) is 4.98 Å². The van der Waals surface area contributed by atoms with Crippen LogP contribution in [0.25, 0.3) is 11.3 Å². The van der Waals surface area contributed by atoms with Gasteiger partial charge in [-0.1, -0.05) is 25.1 Å². The van der Waals surface area contributed by atoms with Crippen molar-refractivity contribution in [3.05, 3.63) is 53.7 Å². The van der Waals surface area contributed by atoms with Crippen molar-refractivity contribution in [2.24, 2.45) is 0 Å². The smallest absolute Gasteiger partial charge is 0.0704 e. The largest absolute Gasteiger partial charge is 0.313 e. The van der Waals surface area contributed by atoms with Gasteiger partial charge in [0.2, 0.25) is 0 Å². The maximum absolute atomic E-state index is 4.41. The second-order valence-electron chi connectivity index (χ2n) is 4.14. The second kappa shape index (κ2) is 5.60. The molecule has 0 atom stereocenters. The summed E-state index contributed by atoms with van der Waals surface area (Å²) in [5.74, 6) is 0. The molecule has 2 heteroatoms. The van der Waals surface area contributed by atoms with Crippen molar-refractivity contribution in [2.75, 3.05) is 6.54 Å². The van der Waals surface area contributed by atoms with Crippen molar-refractivity contribution in [2.45, 2.75) is 20.4 Å². The summed E-state index contributed by atoms with van der Waals surface area (Å²) in [5, 5.41) is 3.34. The van der Waals surface area contributed by atoms with Gasteiger partial charge in [-0.2, -0.15) is 0 Å². The summed E-state index contributed by atoms with van der Waals surface area (Å²) in [4.78, 5) is 4.41. The predicted molar refractivity (Wildman–Crippen MR) is 71.8 cm³/mol. The van der Waals surface area contributed by atoms with Crippen molar-refractivity contribution < 1.29 is 0 Å². The van der Waals surface area contributed by atoms with Gasteiger partial charge in [0.15, 0.2) is 0 Å². The number of hydrogen-bond donors (Lipinski definition) is 1. The lowest BCUT2D eigenvalue weighted by atomic mass is 10.0. The van der Waals surface area contributed by atoms with Gasteiger partial charge in [-0.25, -0.2) is 0 Å². The molecule has 0 fully saturated rings. The summed E-state index contributed by atoms with van der Waals surface area (Å²) < 4.78 is 0. The van der Waals surface area contributed by atoms with Crippen molar-refractivity contribution in [1.82, 2.24) is 10.3 Å². The van der Waals surface area contributed by atoms with Crippen LogP contribution in [-0.2, 0) is 6.54 Å². The first-order valence-corrected chi connectivity index (χ1v) is 6.03. The predicted octanol–water partition coefficient (Wildman–Crippen LogP) is 3.17. The highest BCUT2D eigenvalue weighted by atomic mass is 14.8. The van der Waals surface area contributed by atoms with E-state index < -0.39 is 0 Å². The first-order chi connectivity index (χ1) is 8.31. The number of aromatic nitrogens is 1. The van der Waals surface area contributed by atoms with Gasteiger partial charge in [-0.15, -0.1) is 0 Å². The third kappa shape index (κ3) is 2.92. The molecule has 0 radical (unpaired) electrons. The van der Waals surface area contributed by atoms with Gasteiger partial charge in [-0.05, 0) is 42.8 Å². The third-order valence-corrected chi connectivity index (χ3v) is 2.82. The molecule has 0 aliphatic carbocycles. The van der Waals surface area contributed by atoms with E-state index in [1.165, 1.54) is 16.7 Å². The molecule has 2 aromatic rings. The summed E-state index contributed by atoms with van der Waals surface area (Å²) in [6, 6.07) is 12.6. The fourth-order valence-corrected chi connectivity index (χ4v) is 1.85. The van der Waals surface area contributed by atoms with Crippen molar-refractivity contribution in [1.29, 1.82) is 0 Å². The van der Waals surface area contributed by atoms with Crippen LogP contribution in [-0.4, -0.2) is 11.5 Å². The van der Waals surface area contributed by atoms with Crippen LogP contribution >= 0.6 is 0 Å². The number of hydrogen-bond acceptors (Lipinski definition) is 2. The molecule has 0 aliphatic rings. The average Bonchev–Trinajstić information content (AvgIpc) is 2.39. The Kier molecular flexibility index (Phi) is 3.89. The molecule has 1 aromatic carbocycles. The van der Waals surface area contributed by atoms with Crippen molar-refractivity contribution in [3.8, 4) is 11.3 Å². The first-order valence-electron chi connectivity index (χ1n) is 6.03. The zero-order valence-electron chi connectivity index (χ0n) is 10.4. The van der Waals surface area contributed by atoms with E-state index in [-0.39, 0.29) is 0 Å². The normalized spacial score (nSPS) is 10.5. The average molecular weight is 226 g/mol. The van der Waals surface area contributed by atoms with Crippen molar-refractivity contribution in [3.63, 3.8) is 0 Å². The SMILES string of the molecule is CCNCc1ccc(C)c(-c2ccccn2)c1. The van der Waals surface area contributed by atoms with Gasteiger partial charge in [0.25, 0.3) is 0 Å². The number of benzene rings is 1. The highest BCUT2D eigenvalue weighted by molar-refractivity contribution is 5.64. The number of aryl methyl sites for hydroxylation is 1.